The van der Waals surface area contributed by atoms with Crippen molar-refractivity contribution >= 4 is 11.9 Å². The largest absolute Gasteiger partial charge is 0.464 e. The lowest BCUT2D eigenvalue weighted by Crippen LogP contribution is -2.26. The molecule has 0 aromatic carbocycles. The molecule has 0 heterocycles. The first-order valence-electron chi connectivity index (χ1n) is 4.35. The fourth-order valence-electron chi connectivity index (χ4n) is 0.734. The Hall–Kier alpha value is -1.32. The average Bonchev–Trinajstić information content (AvgIpc) is 1.98. The average molecular weight is 186 g/mol. The maximum absolute atomic E-state index is 11.1. The van der Waals surface area contributed by atoms with E-state index in [2.05, 4.69) is 10.1 Å². The monoisotopic (exact) mass is 186 g/mol. The van der Waals surface area contributed by atoms with Crippen molar-refractivity contribution in [1.82, 2.24) is 5.32 Å². The van der Waals surface area contributed by atoms with Crippen molar-refractivity contribution in [2.45, 2.75) is 20.8 Å². The van der Waals surface area contributed by atoms with Crippen molar-refractivity contribution in [3.63, 3.8) is 0 Å². The highest BCUT2D eigenvalue weighted by Crippen LogP contribution is 2.01. The Bertz CT molecular complexity index is 266. The molecule has 0 fully saturated rings. The summed E-state index contributed by atoms with van der Waals surface area (Å²) in [4.78, 5) is 21.9. The van der Waals surface area contributed by atoms with Crippen molar-refractivity contribution in [3.05, 3.63) is 11.8 Å². The van der Waals surface area contributed by atoms with Crippen LogP contribution < -0.4 is 5.32 Å². The summed E-state index contributed by atoms with van der Waals surface area (Å²) in [5, 5.41) is 2.31. The summed E-state index contributed by atoms with van der Waals surface area (Å²) in [7, 11) is 1.22. The normalized spacial score (nSPS) is 13.2. The smallest absolute Gasteiger partial charge is 0.354 e. The number of methoxy groups -OCH3 is 1. The Morgan fingerprint density at radius 2 is 2.08 bits per heavy atom. The number of carbonyl (C=O) groups excluding carboxylic acids is 2. The van der Waals surface area contributed by atoms with Gasteiger partial charge in [0.2, 0.25) is 5.91 Å². The van der Waals surface area contributed by atoms with Gasteiger partial charge in [-0.1, -0.05) is 19.9 Å². The van der Waals surface area contributed by atoms with Crippen LogP contribution in [0.4, 0.5) is 0 Å². The van der Waals surface area contributed by atoms with E-state index >= 15 is 0 Å². The molecule has 0 aromatic rings. The Morgan fingerprint density at radius 3 is 2.38 bits per heavy atom. The molecular formula is C9H15NO3. The van der Waals surface area contributed by atoms with Gasteiger partial charge in [-0.25, -0.2) is 4.79 Å². The highest BCUT2D eigenvalue weighted by Gasteiger charge is 2.10. The van der Waals surface area contributed by atoms with Crippen LogP contribution in [0.1, 0.15) is 22.1 Å². The molecule has 0 rings (SSSR count). The zero-order valence-electron chi connectivity index (χ0n) is 9.30. The molecular weight excluding hydrogens is 170 g/mol. The lowest BCUT2D eigenvalue weighted by molar-refractivity contribution is -0.137. The summed E-state index contributed by atoms with van der Waals surface area (Å²) < 4.78 is 12.0. The SMILES string of the molecule is [2H]C(C)(C)/C=C(\NC(C)=O)C(=O)OC. The first-order valence-corrected chi connectivity index (χ1v) is 3.85. The minimum Gasteiger partial charge on any atom is -0.464 e. The fourth-order valence-corrected chi connectivity index (χ4v) is 0.734. The van der Waals surface area contributed by atoms with E-state index in [-0.39, 0.29) is 11.6 Å². The molecule has 1 amide bonds. The second kappa shape index (κ2) is 5.35. The Balaban J connectivity index is 4.81. The van der Waals surface area contributed by atoms with Gasteiger partial charge in [-0.3, -0.25) is 4.79 Å². The Morgan fingerprint density at radius 1 is 1.54 bits per heavy atom. The third-order valence-corrected chi connectivity index (χ3v) is 1.15. The number of hydrogen-bond acceptors (Lipinski definition) is 3. The van der Waals surface area contributed by atoms with Crippen molar-refractivity contribution in [1.29, 1.82) is 0 Å². The third kappa shape index (κ3) is 5.00. The zero-order valence-corrected chi connectivity index (χ0v) is 8.30. The van der Waals surface area contributed by atoms with Crippen LogP contribution in [0.3, 0.4) is 0 Å². The number of allylic oxidation sites excluding steroid dienone is 1. The number of hydrogen-bond donors (Lipinski definition) is 1. The number of carbonyl (C=O) groups is 2. The van der Waals surface area contributed by atoms with Gasteiger partial charge in [-0.2, -0.15) is 0 Å². The molecule has 1 N–H and O–H groups in total. The molecule has 0 aliphatic heterocycles. The van der Waals surface area contributed by atoms with Gasteiger partial charge >= 0.3 is 5.97 Å². The van der Waals surface area contributed by atoms with E-state index in [4.69, 9.17) is 1.37 Å². The van der Waals surface area contributed by atoms with Crippen molar-refractivity contribution in [2.75, 3.05) is 7.11 Å². The summed E-state index contributed by atoms with van der Waals surface area (Å²) in [6.07, 6.45) is 1.33. The van der Waals surface area contributed by atoms with Gasteiger partial charge < -0.3 is 10.1 Å². The summed E-state index contributed by atoms with van der Waals surface area (Å²) in [6, 6.07) is 0. The molecule has 4 heteroatoms. The topological polar surface area (TPSA) is 55.4 Å². The van der Waals surface area contributed by atoms with Gasteiger partial charge in [-0.15, -0.1) is 0 Å². The number of amides is 1. The summed E-state index contributed by atoms with van der Waals surface area (Å²) >= 11 is 0. The number of ether oxygens (including phenoxy) is 1. The molecule has 0 radical (unpaired) electrons. The van der Waals surface area contributed by atoms with Gasteiger partial charge in [0.05, 0.1) is 7.11 Å². The standard InChI is InChI=1S/C9H15NO3/c1-6(2)5-8(9(12)13-4)10-7(3)11/h5-6H,1-4H3,(H,10,11)/b8-5-/i6D. The van der Waals surface area contributed by atoms with Gasteiger partial charge in [0.1, 0.15) is 5.70 Å². The Kier molecular flexibility index (Phi) is 4.02. The summed E-state index contributed by atoms with van der Waals surface area (Å²) in [5.74, 6) is -1.96. The molecule has 0 bridgehead atoms. The molecule has 0 atom stereocenters. The Labute approximate surface area is 79.4 Å². The predicted octanol–water partition coefficient (Wildman–Crippen LogP) is 0.835. The minimum atomic E-state index is -0.939. The van der Waals surface area contributed by atoms with Crippen LogP contribution in [-0.4, -0.2) is 19.0 Å². The second-order valence-corrected chi connectivity index (χ2v) is 2.81. The van der Waals surface area contributed by atoms with Gasteiger partial charge in [-0.05, 0) is 5.89 Å². The molecule has 4 nitrogen and oxygen atoms in total. The van der Waals surface area contributed by atoms with Crippen LogP contribution in [0.15, 0.2) is 11.8 Å². The molecule has 0 saturated carbocycles. The number of nitrogens with one attached hydrogen (secondary N) is 1. The van der Waals surface area contributed by atoms with Crippen LogP contribution in [0, 0.1) is 5.89 Å². The van der Waals surface area contributed by atoms with Crippen molar-refractivity contribution < 1.29 is 15.7 Å². The molecule has 0 spiro atoms. The van der Waals surface area contributed by atoms with Gasteiger partial charge in [0, 0.05) is 8.29 Å². The zero-order chi connectivity index (χ0) is 11.4. The van der Waals surface area contributed by atoms with E-state index in [1.807, 2.05) is 0 Å². The molecule has 0 aromatic heterocycles. The quantitative estimate of drug-likeness (QED) is 0.524. The van der Waals surface area contributed by atoms with E-state index in [0.717, 1.165) is 0 Å². The first-order chi connectivity index (χ1) is 6.26. The predicted molar refractivity (Wildman–Crippen MR) is 48.8 cm³/mol. The second-order valence-electron chi connectivity index (χ2n) is 2.81. The highest BCUT2D eigenvalue weighted by molar-refractivity contribution is 5.93. The first kappa shape index (κ1) is 9.77. The summed E-state index contributed by atoms with van der Waals surface area (Å²) in [6.45, 7) is 4.48. The van der Waals surface area contributed by atoms with Crippen LogP contribution in [0.25, 0.3) is 0 Å². The number of esters is 1. The maximum atomic E-state index is 11.1. The van der Waals surface area contributed by atoms with Gasteiger partial charge in [0.15, 0.2) is 0 Å². The molecule has 74 valence electrons. The van der Waals surface area contributed by atoms with E-state index in [9.17, 15) is 9.59 Å². The molecule has 0 saturated heterocycles. The third-order valence-electron chi connectivity index (χ3n) is 1.15. The maximum Gasteiger partial charge on any atom is 0.354 e. The van der Waals surface area contributed by atoms with E-state index in [1.165, 1.54) is 20.1 Å². The van der Waals surface area contributed by atoms with E-state index < -0.39 is 11.9 Å². The summed E-state index contributed by atoms with van der Waals surface area (Å²) in [5.41, 5.74) is 0.000000000000000222. The highest BCUT2D eigenvalue weighted by atomic mass is 16.5. The molecule has 0 aliphatic rings. The van der Waals surface area contributed by atoms with Crippen LogP contribution >= 0.6 is 0 Å². The van der Waals surface area contributed by atoms with Crippen LogP contribution in [0.5, 0.6) is 0 Å². The lowest BCUT2D eigenvalue weighted by atomic mass is 10.2. The number of rotatable bonds is 3. The van der Waals surface area contributed by atoms with Crippen LogP contribution in [0.2, 0.25) is 0 Å². The van der Waals surface area contributed by atoms with Crippen LogP contribution in [-0.2, 0) is 14.3 Å². The minimum absolute atomic E-state index is 0.000000000000000222. The molecule has 13 heavy (non-hydrogen) atoms. The van der Waals surface area contributed by atoms with Gasteiger partial charge in [0.25, 0.3) is 0 Å². The van der Waals surface area contributed by atoms with E-state index in [1.54, 1.807) is 13.8 Å². The molecule has 0 aliphatic carbocycles. The fraction of sp³-hybridized carbons (Fsp3) is 0.556. The van der Waals surface area contributed by atoms with Crippen molar-refractivity contribution in [3.8, 4) is 0 Å². The van der Waals surface area contributed by atoms with Crippen molar-refractivity contribution in [2.24, 2.45) is 5.89 Å². The lowest BCUT2D eigenvalue weighted by Gasteiger charge is -2.06. The van der Waals surface area contributed by atoms with E-state index in [0.29, 0.717) is 0 Å². The molecule has 0 unspecified atom stereocenters.